The SMILES string of the molecule is CCCCCCCOc1ccc(-c2cnc(-c3ccc(C[C@H](NC(=O)c4ccc(C(C)(C)C)cc4)C(=O)N[C@@H](CC4CCCNC4)C(=O)O)cc3)nc2)cc1. The Kier molecular flexibility index (Phi) is 14.9. The van der Waals surface area contributed by atoms with Crippen LogP contribution in [0.2, 0.25) is 0 Å². The van der Waals surface area contributed by atoms with E-state index >= 15 is 0 Å². The maximum absolute atomic E-state index is 13.8. The third-order valence-electron chi connectivity index (χ3n) is 10.2. The summed E-state index contributed by atoms with van der Waals surface area (Å²) in [5.74, 6) is -0.490. The van der Waals surface area contributed by atoms with Gasteiger partial charge in [0.05, 0.1) is 6.61 Å². The number of carboxylic acid groups (broad SMARTS) is 1. The molecule has 1 saturated heterocycles. The number of nitrogens with zero attached hydrogens (tertiary/aromatic N) is 2. The molecule has 1 aliphatic rings. The van der Waals surface area contributed by atoms with E-state index in [1.54, 1.807) is 24.5 Å². The molecule has 10 heteroatoms. The molecule has 0 spiro atoms. The predicted octanol–water partition coefficient (Wildman–Crippen LogP) is 7.76. The van der Waals surface area contributed by atoms with Crippen molar-refractivity contribution in [2.75, 3.05) is 19.7 Å². The van der Waals surface area contributed by atoms with E-state index in [0.717, 1.165) is 66.0 Å². The van der Waals surface area contributed by atoms with Crippen molar-refractivity contribution in [2.24, 2.45) is 5.92 Å². The van der Waals surface area contributed by atoms with Crippen LogP contribution in [0.4, 0.5) is 0 Å². The number of carbonyl (C=O) groups excluding carboxylic acids is 2. The zero-order valence-electron chi connectivity index (χ0n) is 32.8. The molecule has 0 radical (unpaired) electrons. The number of rotatable bonds is 18. The van der Waals surface area contributed by atoms with E-state index in [-0.39, 0.29) is 17.8 Å². The summed E-state index contributed by atoms with van der Waals surface area (Å²) >= 11 is 0. The monoisotopic (exact) mass is 747 g/mol. The van der Waals surface area contributed by atoms with Crippen molar-refractivity contribution in [1.29, 1.82) is 0 Å². The Hall–Kier alpha value is -5.09. The second-order valence-corrected chi connectivity index (χ2v) is 15.7. The number of piperidine rings is 1. The molecule has 3 atom stereocenters. The van der Waals surface area contributed by atoms with Crippen molar-refractivity contribution in [3.05, 3.63) is 102 Å². The van der Waals surface area contributed by atoms with Crippen molar-refractivity contribution in [3.8, 4) is 28.3 Å². The highest BCUT2D eigenvalue weighted by atomic mass is 16.5. The number of aliphatic carboxylic acids is 1. The second-order valence-electron chi connectivity index (χ2n) is 15.7. The third kappa shape index (κ3) is 12.5. The first-order chi connectivity index (χ1) is 26.5. The maximum atomic E-state index is 13.8. The summed E-state index contributed by atoms with van der Waals surface area (Å²) in [6.07, 6.45) is 11.9. The van der Waals surface area contributed by atoms with Gasteiger partial charge in [-0.2, -0.15) is 0 Å². The topological polar surface area (TPSA) is 143 Å². The molecule has 3 aromatic carbocycles. The predicted molar refractivity (Wildman–Crippen MR) is 217 cm³/mol. The lowest BCUT2D eigenvalue weighted by atomic mass is 9.86. The number of amides is 2. The molecular weight excluding hydrogens is 691 g/mol. The third-order valence-corrected chi connectivity index (χ3v) is 10.2. The number of benzene rings is 3. The Balaban J connectivity index is 1.25. The number of carbonyl (C=O) groups is 3. The Morgan fingerprint density at radius 1 is 0.836 bits per heavy atom. The largest absolute Gasteiger partial charge is 0.494 e. The normalized spacial score (nSPS) is 15.5. The smallest absolute Gasteiger partial charge is 0.326 e. The molecule has 1 aromatic heterocycles. The number of nitrogens with one attached hydrogen (secondary N) is 3. The van der Waals surface area contributed by atoms with Gasteiger partial charge >= 0.3 is 5.97 Å². The van der Waals surface area contributed by atoms with Crippen LogP contribution in [0.25, 0.3) is 22.5 Å². The fraction of sp³-hybridized carbons (Fsp3) is 0.444. The van der Waals surface area contributed by atoms with Crippen molar-refractivity contribution in [1.82, 2.24) is 25.9 Å². The van der Waals surface area contributed by atoms with Gasteiger partial charge in [-0.15, -0.1) is 0 Å². The van der Waals surface area contributed by atoms with Crippen LogP contribution in [0, 0.1) is 5.92 Å². The first-order valence-corrected chi connectivity index (χ1v) is 19.8. The van der Waals surface area contributed by atoms with Crippen LogP contribution in [0.15, 0.2) is 85.2 Å². The van der Waals surface area contributed by atoms with Gasteiger partial charge in [0, 0.05) is 35.5 Å². The summed E-state index contributed by atoms with van der Waals surface area (Å²) in [6, 6.07) is 20.8. The van der Waals surface area contributed by atoms with Gasteiger partial charge < -0.3 is 25.8 Å². The fourth-order valence-corrected chi connectivity index (χ4v) is 6.82. The highest BCUT2D eigenvalue weighted by Gasteiger charge is 2.30. The van der Waals surface area contributed by atoms with Crippen molar-refractivity contribution in [2.45, 2.75) is 103 Å². The first kappa shape index (κ1) is 41.1. The Labute approximate surface area is 325 Å². The Morgan fingerprint density at radius 2 is 1.51 bits per heavy atom. The van der Waals surface area contributed by atoms with E-state index < -0.39 is 29.9 Å². The molecule has 55 heavy (non-hydrogen) atoms. The average Bonchev–Trinajstić information content (AvgIpc) is 3.19. The minimum Gasteiger partial charge on any atom is -0.494 e. The zero-order chi connectivity index (χ0) is 39.2. The van der Waals surface area contributed by atoms with Gasteiger partial charge in [0.1, 0.15) is 17.8 Å². The van der Waals surface area contributed by atoms with E-state index in [9.17, 15) is 19.5 Å². The standard InChI is InChI=1S/C45H57N5O5/c1-5-6-7-8-9-25-55-38-22-18-33(19-23-38)36-29-47-41(48-30-36)34-14-12-31(13-15-34)26-39(49-42(51)35-16-20-37(21-17-35)45(2,3)4)43(52)50-40(44(53)54)27-32-11-10-24-46-28-32/h12-23,29-30,32,39-40,46H,5-11,24-28H2,1-4H3,(H,49,51)(H,50,52)(H,53,54)/t32?,39-,40-/m0/s1. The van der Waals surface area contributed by atoms with Crippen LogP contribution < -0.4 is 20.7 Å². The van der Waals surface area contributed by atoms with Crippen LogP contribution in [-0.2, 0) is 21.4 Å². The number of hydrogen-bond donors (Lipinski definition) is 4. The fourth-order valence-electron chi connectivity index (χ4n) is 6.82. The minimum atomic E-state index is -1.09. The summed E-state index contributed by atoms with van der Waals surface area (Å²) in [4.78, 5) is 48.7. The van der Waals surface area contributed by atoms with Crippen LogP contribution in [0.5, 0.6) is 5.75 Å². The molecule has 1 fully saturated rings. The van der Waals surface area contributed by atoms with E-state index in [1.165, 1.54) is 25.7 Å². The summed E-state index contributed by atoms with van der Waals surface area (Å²) in [5.41, 5.74) is 4.90. The zero-order valence-corrected chi connectivity index (χ0v) is 32.8. The summed E-state index contributed by atoms with van der Waals surface area (Å²) in [6.45, 7) is 10.9. The van der Waals surface area contributed by atoms with Crippen LogP contribution >= 0.6 is 0 Å². The van der Waals surface area contributed by atoms with Crippen molar-refractivity contribution >= 4 is 17.8 Å². The van der Waals surface area contributed by atoms with Gasteiger partial charge in [-0.05, 0) is 91.1 Å². The van der Waals surface area contributed by atoms with E-state index in [1.807, 2.05) is 60.7 Å². The lowest BCUT2D eigenvalue weighted by Gasteiger charge is -2.27. The van der Waals surface area contributed by atoms with Gasteiger partial charge in [0.15, 0.2) is 5.82 Å². The molecule has 2 amide bonds. The van der Waals surface area contributed by atoms with Crippen LogP contribution in [0.1, 0.15) is 101 Å². The first-order valence-electron chi connectivity index (χ1n) is 19.8. The molecular formula is C45H57N5O5. The van der Waals surface area contributed by atoms with E-state index in [0.29, 0.717) is 24.4 Å². The van der Waals surface area contributed by atoms with Gasteiger partial charge in [0.25, 0.3) is 5.91 Å². The van der Waals surface area contributed by atoms with Crippen LogP contribution in [-0.4, -0.2) is 64.6 Å². The highest BCUT2D eigenvalue weighted by molar-refractivity contribution is 5.98. The Bertz CT molecular complexity index is 1810. The van der Waals surface area contributed by atoms with Gasteiger partial charge in [-0.25, -0.2) is 14.8 Å². The summed E-state index contributed by atoms with van der Waals surface area (Å²) in [7, 11) is 0. The van der Waals surface area contributed by atoms with Gasteiger partial charge in [-0.1, -0.05) is 102 Å². The van der Waals surface area contributed by atoms with E-state index in [4.69, 9.17) is 4.74 Å². The molecule has 0 aliphatic carbocycles. The molecule has 0 saturated carbocycles. The number of unbranched alkanes of at least 4 members (excludes halogenated alkanes) is 4. The molecule has 0 bridgehead atoms. The van der Waals surface area contributed by atoms with Crippen LogP contribution in [0.3, 0.4) is 0 Å². The number of hydrogen-bond acceptors (Lipinski definition) is 7. The lowest BCUT2D eigenvalue weighted by Crippen LogP contribution is -2.53. The molecule has 292 valence electrons. The highest BCUT2D eigenvalue weighted by Crippen LogP contribution is 2.25. The summed E-state index contributed by atoms with van der Waals surface area (Å²) < 4.78 is 5.91. The molecule has 2 heterocycles. The molecule has 4 N–H and O–H groups in total. The lowest BCUT2D eigenvalue weighted by molar-refractivity contribution is -0.142. The number of ether oxygens (including phenoxy) is 1. The molecule has 1 aliphatic heterocycles. The molecule has 10 nitrogen and oxygen atoms in total. The van der Waals surface area contributed by atoms with Gasteiger partial charge in [0.2, 0.25) is 5.91 Å². The maximum Gasteiger partial charge on any atom is 0.326 e. The molecule has 4 aromatic rings. The Morgan fingerprint density at radius 3 is 2.13 bits per heavy atom. The van der Waals surface area contributed by atoms with E-state index in [2.05, 4.69) is 53.6 Å². The molecule has 5 rings (SSSR count). The molecule has 1 unspecified atom stereocenters. The van der Waals surface area contributed by atoms with Crippen molar-refractivity contribution < 1.29 is 24.2 Å². The minimum absolute atomic E-state index is 0.0783. The second kappa shape index (κ2) is 20.0. The van der Waals surface area contributed by atoms with Gasteiger partial charge in [-0.3, -0.25) is 9.59 Å². The quantitative estimate of drug-likeness (QED) is 0.0757. The summed E-state index contributed by atoms with van der Waals surface area (Å²) in [5, 5.41) is 19.0. The number of aromatic nitrogens is 2. The average molecular weight is 748 g/mol. The van der Waals surface area contributed by atoms with Crippen molar-refractivity contribution in [3.63, 3.8) is 0 Å². The number of carboxylic acids is 1.